The monoisotopic (exact) mass is 392 g/mol. The lowest BCUT2D eigenvalue weighted by Crippen LogP contribution is -2.09. The van der Waals surface area contributed by atoms with Crippen LogP contribution in [0, 0.1) is 5.82 Å². The molecule has 0 amide bonds. The smallest absolute Gasteiger partial charge is 0.229 e. The van der Waals surface area contributed by atoms with E-state index in [1.165, 1.54) is 32.5 Å². The Bertz CT molecular complexity index is 1100. The van der Waals surface area contributed by atoms with E-state index in [-0.39, 0.29) is 11.4 Å². The summed E-state index contributed by atoms with van der Waals surface area (Å²) < 4.78 is 55.3. The molecular formula is C18H17FN2O5S. The SMILES string of the molecule is COc1cc2nccc(Oc3ccc(NS(C)(=O)=O)cc3F)c2cc1OC. The van der Waals surface area contributed by atoms with Gasteiger partial charge >= 0.3 is 0 Å². The predicted octanol–water partition coefficient (Wildman–Crippen LogP) is 3.55. The Morgan fingerprint density at radius 2 is 1.67 bits per heavy atom. The first-order chi connectivity index (χ1) is 12.8. The molecule has 0 aliphatic rings. The van der Waals surface area contributed by atoms with Gasteiger partial charge in [0.05, 0.1) is 31.7 Å². The molecule has 3 rings (SSSR count). The highest BCUT2D eigenvalue weighted by molar-refractivity contribution is 7.92. The topological polar surface area (TPSA) is 86.8 Å². The predicted molar refractivity (Wildman–Crippen MR) is 99.8 cm³/mol. The van der Waals surface area contributed by atoms with Gasteiger partial charge in [-0.3, -0.25) is 9.71 Å². The number of hydrogen-bond donors (Lipinski definition) is 1. The lowest BCUT2D eigenvalue weighted by molar-refractivity contribution is 0.355. The summed E-state index contributed by atoms with van der Waals surface area (Å²) in [5.41, 5.74) is 0.689. The number of benzene rings is 2. The van der Waals surface area contributed by atoms with Gasteiger partial charge in [-0.15, -0.1) is 0 Å². The van der Waals surface area contributed by atoms with Gasteiger partial charge in [0.2, 0.25) is 10.0 Å². The molecule has 0 fully saturated rings. The van der Waals surface area contributed by atoms with Crippen molar-refractivity contribution in [2.24, 2.45) is 0 Å². The van der Waals surface area contributed by atoms with E-state index in [4.69, 9.17) is 14.2 Å². The van der Waals surface area contributed by atoms with E-state index in [1.807, 2.05) is 0 Å². The fourth-order valence-corrected chi connectivity index (χ4v) is 3.07. The molecule has 0 unspecified atom stereocenters. The number of methoxy groups -OCH3 is 2. The van der Waals surface area contributed by atoms with Crippen LogP contribution in [0.5, 0.6) is 23.0 Å². The quantitative estimate of drug-likeness (QED) is 0.690. The van der Waals surface area contributed by atoms with E-state index in [2.05, 4.69) is 9.71 Å². The van der Waals surface area contributed by atoms with Crippen molar-refractivity contribution < 1.29 is 27.0 Å². The van der Waals surface area contributed by atoms with Crippen LogP contribution in [0.15, 0.2) is 42.6 Å². The van der Waals surface area contributed by atoms with Crippen molar-refractivity contribution >= 4 is 26.6 Å². The zero-order valence-corrected chi connectivity index (χ0v) is 15.6. The molecule has 0 bridgehead atoms. The summed E-state index contributed by atoms with van der Waals surface area (Å²) in [4.78, 5) is 4.26. The van der Waals surface area contributed by atoms with Gasteiger partial charge in [-0.05, 0) is 24.3 Å². The molecule has 0 aliphatic carbocycles. The van der Waals surface area contributed by atoms with Crippen molar-refractivity contribution in [2.75, 3.05) is 25.2 Å². The van der Waals surface area contributed by atoms with Crippen LogP contribution in [0.2, 0.25) is 0 Å². The Kier molecular flexibility index (Phi) is 5.04. The van der Waals surface area contributed by atoms with Crippen LogP contribution in [-0.4, -0.2) is 33.9 Å². The Labute approximate surface area is 155 Å². The number of hydrogen-bond acceptors (Lipinski definition) is 6. The second-order valence-electron chi connectivity index (χ2n) is 5.65. The summed E-state index contributed by atoms with van der Waals surface area (Å²) in [6.07, 6.45) is 2.52. The zero-order chi connectivity index (χ0) is 19.6. The number of fused-ring (bicyclic) bond motifs is 1. The number of pyridine rings is 1. The molecule has 1 aromatic heterocycles. The van der Waals surface area contributed by atoms with Crippen LogP contribution < -0.4 is 18.9 Å². The van der Waals surface area contributed by atoms with Gasteiger partial charge in [0.15, 0.2) is 23.1 Å². The molecule has 9 heteroatoms. The molecule has 0 atom stereocenters. The molecule has 3 aromatic rings. The van der Waals surface area contributed by atoms with E-state index in [1.54, 1.807) is 18.2 Å². The highest BCUT2D eigenvalue weighted by Gasteiger charge is 2.13. The number of rotatable bonds is 6. The minimum absolute atomic E-state index is 0.0589. The van der Waals surface area contributed by atoms with Crippen LogP contribution in [0.4, 0.5) is 10.1 Å². The van der Waals surface area contributed by atoms with Gasteiger partial charge in [0.25, 0.3) is 0 Å². The summed E-state index contributed by atoms with van der Waals surface area (Å²) in [5.74, 6) is 0.585. The van der Waals surface area contributed by atoms with Gasteiger partial charge in [-0.25, -0.2) is 12.8 Å². The van der Waals surface area contributed by atoms with Gasteiger partial charge < -0.3 is 14.2 Å². The lowest BCUT2D eigenvalue weighted by atomic mass is 10.2. The Balaban J connectivity index is 1.99. The van der Waals surface area contributed by atoms with Crippen molar-refractivity contribution in [1.29, 1.82) is 0 Å². The average molecular weight is 392 g/mol. The maximum atomic E-state index is 14.4. The summed E-state index contributed by atoms with van der Waals surface area (Å²) in [5, 5.41) is 0.605. The normalized spacial score (nSPS) is 11.3. The van der Waals surface area contributed by atoms with Crippen LogP contribution in [0.1, 0.15) is 0 Å². The molecule has 0 aliphatic heterocycles. The molecule has 2 aromatic carbocycles. The molecule has 142 valence electrons. The molecule has 1 heterocycles. The number of sulfonamides is 1. The number of aromatic nitrogens is 1. The first-order valence-electron chi connectivity index (χ1n) is 7.76. The minimum atomic E-state index is -3.50. The molecule has 1 N–H and O–H groups in total. The van der Waals surface area contributed by atoms with Crippen molar-refractivity contribution in [2.45, 2.75) is 0 Å². The standard InChI is InChI=1S/C18H17FN2O5S/c1-24-17-9-12-14(10-18(17)25-2)20-7-6-15(12)26-16-5-4-11(8-13(16)19)21-27(3,22)23/h4-10,21H,1-3H3. The first-order valence-corrected chi connectivity index (χ1v) is 9.66. The van der Waals surface area contributed by atoms with Gasteiger partial charge in [-0.2, -0.15) is 0 Å². The van der Waals surface area contributed by atoms with Crippen molar-refractivity contribution in [3.8, 4) is 23.0 Å². The fraction of sp³-hybridized carbons (Fsp3) is 0.167. The number of anilines is 1. The number of halogens is 1. The number of nitrogens with zero attached hydrogens (tertiary/aromatic N) is 1. The largest absolute Gasteiger partial charge is 0.493 e. The lowest BCUT2D eigenvalue weighted by Gasteiger charge is -2.13. The average Bonchev–Trinajstić information content (AvgIpc) is 2.61. The van der Waals surface area contributed by atoms with Crippen molar-refractivity contribution in [3.63, 3.8) is 0 Å². The third-order valence-electron chi connectivity index (χ3n) is 3.66. The Morgan fingerprint density at radius 1 is 0.963 bits per heavy atom. The molecule has 0 saturated heterocycles. The molecular weight excluding hydrogens is 375 g/mol. The van der Waals surface area contributed by atoms with E-state index >= 15 is 0 Å². The first kappa shape index (κ1) is 18.7. The van der Waals surface area contributed by atoms with Gasteiger partial charge in [0.1, 0.15) is 5.75 Å². The molecule has 7 nitrogen and oxygen atoms in total. The van der Waals surface area contributed by atoms with E-state index < -0.39 is 15.8 Å². The van der Waals surface area contributed by atoms with E-state index in [0.29, 0.717) is 28.2 Å². The summed E-state index contributed by atoms with van der Waals surface area (Å²) in [6.45, 7) is 0. The third-order valence-corrected chi connectivity index (χ3v) is 4.27. The Morgan fingerprint density at radius 3 is 2.30 bits per heavy atom. The summed E-state index contributed by atoms with van der Waals surface area (Å²) in [6, 6.07) is 8.77. The van der Waals surface area contributed by atoms with Crippen molar-refractivity contribution in [1.82, 2.24) is 4.98 Å². The van der Waals surface area contributed by atoms with Gasteiger partial charge in [0, 0.05) is 23.7 Å². The molecule has 0 radical (unpaired) electrons. The van der Waals surface area contributed by atoms with Crippen molar-refractivity contribution in [3.05, 3.63) is 48.4 Å². The summed E-state index contributed by atoms with van der Waals surface area (Å²) in [7, 11) is -0.473. The summed E-state index contributed by atoms with van der Waals surface area (Å²) >= 11 is 0. The molecule has 0 saturated carbocycles. The highest BCUT2D eigenvalue weighted by Crippen LogP contribution is 2.37. The Hall–Kier alpha value is -3.07. The fourth-order valence-electron chi connectivity index (χ4n) is 2.52. The van der Waals surface area contributed by atoms with E-state index in [0.717, 1.165) is 12.3 Å². The van der Waals surface area contributed by atoms with Gasteiger partial charge in [-0.1, -0.05) is 0 Å². The highest BCUT2D eigenvalue weighted by atomic mass is 32.2. The second-order valence-corrected chi connectivity index (χ2v) is 7.40. The maximum absolute atomic E-state index is 14.4. The minimum Gasteiger partial charge on any atom is -0.493 e. The van der Waals surface area contributed by atoms with Crippen LogP contribution in [0.3, 0.4) is 0 Å². The second kappa shape index (κ2) is 7.28. The zero-order valence-electron chi connectivity index (χ0n) is 14.8. The molecule has 27 heavy (non-hydrogen) atoms. The van der Waals surface area contributed by atoms with Crippen LogP contribution in [0.25, 0.3) is 10.9 Å². The van der Waals surface area contributed by atoms with Crippen LogP contribution >= 0.6 is 0 Å². The number of nitrogens with one attached hydrogen (secondary N) is 1. The maximum Gasteiger partial charge on any atom is 0.229 e. The van der Waals surface area contributed by atoms with Crippen LogP contribution in [-0.2, 0) is 10.0 Å². The van der Waals surface area contributed by atoms with E-state index in [9.17, 15) is 12.8 Å². The molecule has 0 spiro atoms. The third kappa shape index (κ3) is 4.20. The number of ether oxygens (including phenoxy) is 3.